The molecule has 0 aliphatic rings. The molecule has 110 valence electrons. The number of rotatable bonds is 4. The minimum absolute atomic E-state index is 0.268. The Bertz CT molecular complexity index is 637. The van der Waals surface area contributed by atoms with Crippen molar-refractivity contribution in [3.63, 3.8) is 0 Å². The monoisotopic (exact) mass is 342 g/mol. The van der Waals surface area contributed by atoms with Crippen molar-refractivity contribution in [2.45, 2.75) is 6.54 Å². The molecule has 0 bridgehead atoms. The summed E-state index contributed by atoms with van der Waals surface area (Å²) < 4.78 is 5.01. The summed E-state index contributed by atoms with van der Waals surface area (Å²) in [6.45, 7) is 0.556. The maximum atomic E-state index is 5.85. The molecular weight excluding hydrogens is 331 g/mol. The van der Waals surface area contributed by atoms with Crippen LogP contribution in [0.4, 0.5) is 5.95 Å². The van der Waals surface area contributed by atoms with Crippen LogP contribution in [0.3, 0.4) is 0 Å². The van der Waals surface area contributed by atoms with E-state index in [1.807, 2.05) is 24.3 Å². The Morgan fingerprint density at radius 3 is 2.62 bits per heavy atom. The molecule has 0 fully saturated rings. The summed E-state index contributed by atoms with van der Waals surface area (Å²) >= 11 is 16.8. The number of hydrogen-bond donors (Lipinski definition) is 2. The highest BCUT2D eigenvalue weighted by molar-refractivity contribution is 7.80. The zero-order chi connectivity index (χ0) is 15.2. The maximum absolute atomic E-state index is 5.85. The average molecular weight is 343 g/mol. The second-order valence-corrected chi connectivity index (χ2v) is 5.22. The van der Waals surface area contributed by atoms with Crippen molar-refractivity contribution >= 4 is 46.5 Å². The van der Waals surface area contributed by atoms with Crippen molar-refractivity contribution in [1.82, 2.24) is 15.3 Å². The van der Waals surface area contributed by atoms with Gasteiger partial charge in [0.2, 0.25) is 11.8 Å². The van der Waals surface area contributed by atoms with Gasteiger partial charge < -0.3 is 15.4 Å². The van der Waals surface area contributed by atoms with Crippen LogP contribution in [0.2, 0.25) is 10.2 Å². The molecule has 5 nitrogen and oxygen atoms in total. The number of nitrogens with one attached hydrogen (secondary N) is 2. The molecule has 0 spiro atoms. The van der Waals surface area contributed by atoms with E-state index in [2.05, 4.69) is 20.6 Å². The van der Waals surface area contributed by atoms with Crippen molar-refractivity contribution in [3.05, 3.63) is 46.1 Å². The van der Waals surface area contributed by atoms with Crippen LogP contribution in [0.1, 0.15) is 5.56 Å². The zero-order valence-corrected chi connectivity index (χ0v) is 13.4. The highest BCUT2D eigenvalue weighted by atomic mass is 35.5. The second-order valence-electron chi connectivity index (χ2n) is 3.99. The lowest BCUT2D eigenvalue weighted by Crippen LogP contribution is -2.28. The molecule has 21 heavy (non-hydrogen) atoms. The summed E-state index contributed by atoms with van der Waals surface area (Å²) in [5.41, 5.74) is 1.05. The predicted molar refractivity (Wildman–Crippen MR) is 88.1 cm³/mol. The van der Waals surface area contributed by atoms with Crippen molar-refractivity contribution < 1.29 is 4.74 Å². The molecule has 0 saturated carbocycles. The third kappa shape index (κ3) is 5.00. The van der Waals surface area contributed by atoms with Gasteiger partial charge in [-0.25, -0.2) is 4.98 Å². The van der Waals surface area contributed by atoms with E-state index in [-0.39, 0.29) is 11.1 Å². The Labute approximate surface area is 137 Å². The molecule has 0 aliphatic carbocycles. The largest absolute Gasteiger partial charge is 0.481 e. The summed E-state index contributed by atoms with van der Waals surface area (Å²) in [6, 6.07) is 8.98. The van der Waals surface area contributed by atoms with Gasteiger partial charge in [0.15, 0.2) is 5.11 Å². The number of aromatic nitrogens is 2. The van der Waals surface area contributed by atoms with Gasteiger partial charge in [0.1, 0.15) is 5.15 Å². The topological polar surface area (TPSA) is 59.1 Å². The normalized spacial score (nSPS) is 10.0. The van der Waals surface area contributed by atoms with E-state index in [9.17, 15) is 0 Å². The summed E-state index contributed by atoms with van der Waals surface area (Å²) in [6.07, 6.45) is 0. The van der Waals surface area contributed by atoms with E-state index in [1.165, 1.54) is 13.2 Å². The molecule has 0 unspecified atom stereocenters. The lowest BCUT2D eigenvalue weighted by atomic mass is 10.2. The van der Waals surface area contributed by atoms with Crippen molar-refractivity contribution in [2.24, 2.45) is 0 Å². The van der Waals surface area contributed by atoms with Gasteiger partial charge in [0.25, 0.3) is 0 Å². The van der Waals surface area contributed by atoms with Crippen molar-refractivity contribution in [3.8, 4) is 5.88 Å². The molecule has 8 heteroatoms. The Balaban J connectivity index is 1.92. The van der Waals surface area contributed by atoms with Crippen LogP contribution in [0.15, 0.2) is 30.3 Å². The Kier molecular flexibility index (Phi) is 5.55. The highest BCUT2D eigenvalue weighted by Gasteiger charge is 2.05. The summed E-state index contributed by atoms with van der Waals surface area (Å²) in [4.78, 5) is 8.09. The molecule has 2 N–H and O–H groups in total. The van der Waals surface area contributed by atoms with Crippen molar-refractivity contribution in [1.29, 1.82) is 0 Å². The van der Waals surface area contributed by atoms with E-state index in [1.54, 1.807) is 0 Å². The average Bonchev–Trinajstić information content (AvgIpc) is 2.46. The minimum Gasteiger partial charge on any atom is -0.481 e. The lowest BCUT2D eigenvalue weighted by Gasteiger charge is -2.10. The van der Waals surface area contributed by atoms with Crippen LogP contribution in [0.5, 0.6) is 5.88 Å². The molecule has 1 heterocycles. The predicted octanol–water partition coefficient (Wildman–Crippen LogP) is 3.28. The number of anilines is 1. The van der Waals surface area contributed by atoms with Gasteiger partial charge in [0.05, 0.1) is 7.11 Å². The van der Waals surface area contributed by atoms with E-state index in [0.717, 1.165) is 5.56 Å². The molecule has 0 amide bonds. The van der Waals surface area contributed by atoms with Crippen LogP contribution in [-0.4, -0.2) is 22.2 Å². The third-order valence-corrected chi connectivity index (χ3v) is 3.16. The van der Waals surface area contributed by atoms with E-state index in [0.29, 0.717) is 22.6 Å². The summed E-state index contributed by atoms with van der Waals surface area (Å²) in [7, 11) is 1.50. The molecule has 1 aromatic heterocycles. The smallest absolute Gasteiger partial charge is 0.233 e. The van der Waals surface area contributed by atoms with Gasteiger partial charge in [-0.2, -0.15) is 4.98 Å². The number of thiocarbonyl (C=S) groups is 1. The molecule has 0 radical (unpaired) electrons. The number of nitrogens with zero attached hydrogens (tertiary/aromatic N) is 2. The van der Waals surface area contributed by atoms with Gasteiger partial charge in [-0.05, 0) is 29.9 Å². The molecule has 2 rings (SSSR count). The first-order valence-electron chi connectivity index (χ1n) is 5.94. The fourth-order valence-electron chi connectivity index (χ4n) is 1.49. The lowest BCUT2D eigenvalue weighted by molar-refractivity contribution is 0.397. The number of methoxy groups -OCH3 is 1. The van der Waals surface area contributed by atoms with E-state index >= 15 is 0 Å². The molecule has 2 aromatic rings. The van der Waals surface area contributed by atoms with E-state index in [4.69, 9.17) is 40.2 Å². The molecule has 0 atom stereocenters. The number of hydrogen-bond acceptors (Lipinski definition) is 4. The number of benzene rings is 1. The Morgan fingerprint density at radius 1 is 1.24 bits per heavy atom. The first-order valence-corrected chi connectivity index (χ1v) is 7.11. The number of halogens is 2. The maximum Gasteiger partial charge on any atom is 0.233 e. The fraction of sp³-hybridized carbons (Fsp3) is 0.154. The van der Waals surface area contributed by atoms with Gasteiger partial charge in [-0.3, -0.25) is 0 Å². The third-order valence-electron chi connectivity index (χ3n) is 2.47. The zero-order valence-electron chi connectivity index (χ0n) is 11.1. The van der Waals surface area contributed by atoms with Crippen LogP contribution in [0, 0.1) is 0 Å². The van der Waals surface area contributed by atoms with Gasteiger partial charge in [0, 0.05) is 17.6 Å². The van der Waals surface area contributed by atoms with Crippen LogP contribution >= 0.6 is 35.4 Å². The van der Waals surface area contributed by atoms with E-state index < -0.39 is 0 Å². The van der Waals surface area contributed by atoms with Crippen molar-refractivity contribution in [2.75, 3.05) is 12.4 Å². The highest BCUT2D eigenvalue weighted by Crippen LogP contribution is 2.15. The second kappa shape index (κ2) is 7.40. The van der Waals surface area contributed by atoms with Crippen LogP contribution in [-0.2, 0) is 6.54 Å². The van der Waals surface area contributed by atoms with Gasteiger partial charge in [-0.15, -0.1) is 0 Å². The van der Waals surface area contributed by atoms with Crippen LogP contribution in [0.25, 0.3) is 0 Å². The molecule has 0 saturated heterocycles. The first kappa shape index (κ1) is 15.8. The Morgan fingerprint density at radius 2 is 1.95 bits per heavy atom. The molecular formula is C13H12Cl2N4OS. The standard InChI is InChI=1S/C13H12Cl2N4OS/c1-20-11-6-10(15)17-12(18-11)19-13(21)16-7-8-2-4-9(14)5-3-8/h2-6H,7H2,1H3,(H2,16,17,18,19,21). The fourth-order valence-corrected chi connectivity index (χ4v) is 1.95. The first-order chi connectivity index (χ1) is 10.1. The van der Waals surface area contributed by atoms with Gasteiger partial charge in [-0.1, -0.05) is 35.3 Å². The summed E-state index contributed by atoms with van der Waals surface area (Å²) in [5, 5.41) is 7.23. The van der Waals surface area contributed by atoms with Crippen LogP contribution < -0.4 is 15.4 Å². The number of ether oxygens (including phenoxy) is 1. The minimum atomic E-state index is 0.268. The SMILES string of the molecule is COc1cc(Cl)nc(NC(=S)NCc2ccc(Cl)cc2)n1. The molecule has 0 aliphatic heterocycles. The van der Waals surface area contributed by atoms with Gasteiger partial charge >= 0.3 is 0 Å². The Hall–Kier alpha value is -1.63. The summed E-state index contributed by atoms with van der Waals surface area (Å²) in [5.74, 6) is 0.631. The quantitative estimate of drug-likeness (QED) is 0.656. The molecule has 1 aromatic carbocycles.